The lowest BCUT2D eigenvalue weighted by molar-refractivity contribution is 0.0951. The van der Waals surface area contributed by atoms with Crippen molar-refractivity contribution >= 4 is 23.5 Å². The number of aliphatic imine (C=N–C) groups is 2. The Morgan fingerprint density at radius 2 is 1.91 bits per heavy atom. The van der Waals surface area contributed by atoms with Gasteiger partial charge in [-0.25, -0.2) is 4.99 Å². The Morgan fingerprint density at radius 1 is 1.13 bits per heavy atom. The first-order chi connectivity index (χ1) is 11.1. The van der Waals surface area contributed by atoms with Crippen LogP contribution < -0.4 is 22.5 Å². The van der Waals surface area contributed by atoms with Crippen LogP contribution in [0.1, 0.15) is 15.9 Å². The van der Waals surface area contributed by atoms with Gasteiger partial charge in [-0.2, -0.15) is 4.99 Å². The highest BCUT2D eigenvalue weighted by Crippen LogP contribution is 2.18. The number of carbonyl (C=O) groups is 1. The van der Waals surface area contributed by atoms with Crippen molar-refractivity contribution in [3.8, 4) is 0 Å². The van der Waals surface area contributed by atoms with E-state index in [0.717, 1.165) is 5.56 Å². The Bertz CT molecular complexity index is 737. The lowest BCUT2D eigenvalue weighted by atomic mass is 10.1. The van der Waals surface area contributed by atoms with Crippen LogP contribution in [0.5, 0.6) is 0 Å². The van der Waals surface area contributed by atoms with Gasteiger partial charge in [0.15, 0.2) is 5.96 Å². The molecule has 8 nitrogen and oxygen atoms in total. The predicted octanol–water partition coefficient (Wildman–Crippen LogP) is 0.231. The lowest BCUT2D eigenvalue weighted by Crippen LogP contribution is -2.26. The quantitative estimate of drug-likeness (QED) is 0.472. The van der Waals surface area contributed by atoms with E-state index in [2.05, 4.69) is 20.3 Å². The topological polar surface area (TPSA) is 145 Å². The highest BCUT2D eigenvalue weighted by Gasteiger charge is 2.10. The molecular formula is C15H17N7O. The van der Waals surface area contributed by atoms with E-state index in [4.69, 9.17) is 17.2 Å². The second kappa shape index (κ2) is 7.55. The summed E-state index contributed by atoms with van der Waals surface area (Å²) in [5, 5.41) is 2.80. The standard InChI is InChI=1S/C15H17N7O/c16-14(17)22-15(18)21-12-6-2-1-5-11(12)13(23)20-9-10-4-3-7-19-8-10/h1-8H,9H2,(H,20,23)(H6,16,17,18,21,22). The van der Waals surface area contributed by atoms with Crippen molar-refractivity contribution in [3.63, 3.8) is 0 Å². The Morgan fingerprint density at radius 3 is 2.61 bits per heavy atom. The molecule has 1 aromatic carbocycles. The number of nitrogens with one attached hydrogen (secondary N) is 1. The van der Waals surface area contributed by atoms with Gasteiger partial charge in [-0.1, -0.05) is 18.2 Å². The van der Waals surface area contributed by atoms with Crippen LogP contribution >= 0.6 is 0 Å². The van der Waals surface area contributed by atoms with Crippen molar-refractivity contribution in [2.75, 3.05) is 0 Å². The first kappa shape index (κ1) is 16.0. The largest absolute Gasteiger partial charge is 0.370 e. The molecule has 0 aliphatic rings. The van der Waals surface area contributed by atoms with E-state index in [1.54, 1.807) is 42.7 Å². The number of benzene rings is 1. The Hall–Kier alpha value is -3.42. The molecule has 0 atom stereocenters. The summed E-state index contributed by atoms with van der Waals surface area (Å²) in [6, 6.07) is 10.4. The minimum Gasteiger partial charge on any atom is -0.370 e. The van der Waals surface area contributed by atoms with Crippen LogP contribution in [-0.4, -0.2) is 22.8 Å². The maximum atomic E-state index is 12.3. The molecule has 1 amide bonds. The molecule has 0 aliphatic carbocycles. The van der Waals surface area contributed by atoms with E-state index >= 15 is 0 Å². The summed E-state index contributed by atoms with van der Waals surface area (Å²) in [4.78, 5) is 24.0. The van der Waals surface area contributed by atoms with Gasteiger partial charge < -0.3 is 22.5 Å². The molecule has 1 aromatic heterocycles. The predicted molar refractivity (Wildman–Crippen MR) is 88.9 cm³/mol. The fourth-order valence-corrected chi connectivity index (χ4v) is 1.82. The molecule has 8 heteroatoms. The van der Waals surface area contributed by atoms with E-state index in [-0.39, 0.29) is 17.8 Å². The van der Waals surface area contributed by atoms with Gasteiger partial charge in [0.05, 0.1) is 11.3 Å². The van der Waals surface area contributed by atoms with Crippen LogP contribution in [0.4, 0.5) is 5.69 Å². The summed E-state index contributed by atoms with van der Waals surface area (Å²) in [6.07, 6.45) is 3.35. The molecule has 0 saturated carbocycles. The minimum absolute atomic E-state index is 0.127. The van der Waals surface area contributed by atoms with E-state index in [1.165, 1.54) is 0 Å². The second-order valence-electron chi connectivity index (χ2n) is 4.57. The van der Waals surface area contributed by atoms with Crippen molar-refractivity contribution in [2.24, 2.45) is 27.2 Å². The number of aromatic nitrogens is 1. The fourth-order valence-electron chi connectivity index (χ4n) is 1.82. The zero-order valence-corrected chi connectivity index (χ0v) is 12.3. The molecule has 0 saturated heterocycles. The number of pyridine rings is 1. The summed E-state index contributed by atoms with van der Waals surface area (Å²) >= 11 is 0. The van der Waals surface area contributed by atoms with Crippen LogP contribution in [0.25, 0.3) is 0 Å². The van der Waals surface area contributed by atoms with E-state index in [1.807, 2.05) is 6.07 Å². The summed E-state index contributed by atoms with van der Waals surface area (Å²) < 4.78 is 0. The summed E-state index contributed by atoms with van der Waals surface area (Å²) in [7, 11) is 0. The van der Waals surface area contributed by atoms with Gasteiger partial charge in [0.1, 0.15) is 0 Å². The van der Waals surface area contributed by atoms with Gasteiger partial charge in [0.2, 0.25) is 5.96 Å². The summed E-state index contributed by atoms with van der Waals surface area (Å²) in [5.41, 5.74) is 17.7. The van der Waals surface area contributed by atoms with Crippen LogP contribution in [0.3, 0.4) is 0 Å². The van der Waals surface area contributed by atoms with Crippen LogP contribution in [0.2, 0.25) is 0 Å². The molecule has 7 N–H and O–H groups in total. The Labute approximate surface area is 133 Å². The molecule has 0 fully saturated rings. The second-order valence-corrected chi connectivity index (χ2v) is 4.57. The molecular weight excluding hydrogens is 294 g/mol. The van der Waals surface area contributed by atoms with E-state index in [9.17, 15) is 4.79 Å². The SMILES string of the molecule is NC(N)=NC(N)=Nc1ccccc1C(=O)NCc1cccnc1. The molecule has 0 unspecified atom stereocenters. The molecule has 1 heterocycles. The van der Waals surface area contributed by atoms with E-state index in [0.29, 0.717) is 17.8 Å². The van der Waals surface area contributed by atoms with Gasteiger partial charge in [0, 0.05) is 18.9 Å². The molecule has 0 bridgehead atoms. The van der Waals surface area contributed by atoms with Crippen LogP contribution in [0.15, 0.2) is 58.8 Å². The number of nitrogens with two attached hydrogens (primary N) is 3. The van der Waals surface area contributed by atoms with Crippen molar-refractivity contribution in [2.45, 2.75) is 6.54 Å². The van der Waals surface area contributed by atoms with Crippen molar-refractivity contribution in [1.82, 2.24) is 10.3 Å². The number of carbonyl (C=O) groups excluding carboxylic acids is 1. The number of amides is 1. The molecule has 0 aliphatic heterocycles. The summed E-state index contributed by atoms with van der Waals surface area (Å²) in [6.45, 7) is 0.355. The Kier molecular flexibility index (Phi) is 5.24. The molecule has 23 heavy (non-hydrogen) atoms. The number of para-hydroxylation sites is 1. The highest BCUT2D eigenvalue weighted by atomic mass is 16.1. The number of guanidine groups is 2. The first-order valence-corrected chi connectivity index (χ1v) is 6.76. The monoisotopic (exact) mass is 311 g/mol. The summed E-state index contributed by atoms with van der Waals surface area (Å²) in [5.74, 6) is -0.618. The smallest absolute Gasteiger partial charge is 0.253 e. The van der Waals surface area contributed by atoms with Gasteiger partial charge in [-0.05, 0) is 23.8 Å². The first-order valence-electron chi connectivity index (χ1n) is 6.76. The Balaban J connectivity index is 2.16. The minimum atomic E-state index is -0.286. The lowest BCUT2D eigenvalue weighted by Gasteiger charge is -2.07. The van der Waals surface area contributed by atoms with Gasteiger partial charge in [0.25, 0.3) is 5.91 Å². The molecule has 2 rings (SSSR count). The zero-order chi connectivity index (χ0) is 16.7. The van der Waals surface area contributed by atoms with Crippen molar-refractivity contribution in [1.29, 1.82) is 0 Å². The molecule has 0 spiro atoms. The molecule has 0 radical (unpaired) electrons. The van der Waals surface area contributed by atoms with E-state index < -0.39 is 0 Å². The van der Waals surface area contributed by atoms with Gasteiger partial charge >= 0.3 is 0 Å². The van der Waals surface area contributed by atoms with Gasteiger partial charge in [-0.15, -0.1) is 0 Å². The number of hydrogen-bond donors (Lipinski definition) is 4. The van der Waals surface area contributed by atoms with Crippen molar-refractivity contribution in [3.05, 3.63) is 59.9 Å². The third-order valence-electron chi connectivity index (χ3n) is 2.80. The maximum absolute atomic E-state index is 12.3. The molecule has 118 valence electrons. The third kappa shape index (κ3) is 4.81. The van der Waals surface area contributed by atoms with Gasteiger partial charge in [-0.3, -0.25) is 9.78 Å². The highest BCUT2D eigenvalue weighted by molar-refractivity contribution is 6.01. The average molecular weight is 311 g/mol. The number of nitrogens with zero attached hydrogens (tertiary/aromatic N) is 3. The zero-order valence-electron chi connectivity index (χ0n) is 12.3. The third-order valence-corrected chi connectivity index (χ3v) is 2.80. The number of hydrogen-bond acceptors (Lipinski definition) is 3. The van der Waals surface area contributed by atoms with Crippen LogP contribution in [0, 0.1) is 0 Å². The average Bonchev–Trinajstić information content (AvgIpc) is 2.53. The fraction of sp³-hybridized carbons (Fsp3) is 0.0667. The number of rotatable bonds is 4. The normalized spacial score (nSPS) is 10.9. The van der Waals surface area contributed by atoms with Crippen molar-refractivity contribution < 1.29 is 4.79 Å². The van der Waals surface area contributed by atoms with Crippen LogP contribution in [-0.2, 0) is 6.54 Å². The molecule has 2 aromatic rings. The maximum Gasteiger partial charge on any atom is 0.253 e.